The van der Waals surface area contributed by atoms with Gasteiger partial charge in [0.15, 0.2) is 0 Å². The topological polar surface area (TPSA) is 76.7 Å². The van der Waals surface area contributed by atoms with E-state index in [1.165, 1.54) is 6.07 Å². The average Bonchev–Trinajstić information content (AvgIpc) is 3.58. The molecule has 1 spiro atoms. The number of para-hydroxylation sites is 1. The fourth-order valence-electron chi connectivity index (χ4n) is 5.00. The molecule has 6 rings (SSSR count). The van der Waals surface area contributed by atoms with Crippen molar-refractivity contribution in [2.45, 2.75) is 31.3 Å². The normalized spacial score (nSPS) is 21.8. The van der Waals surface area contributed by atoms with Crippen LogP contribution >= 0.6 is 12.4 Å². The van der Waals surface area contributed by atoms with Crippen molar-refractivity contribution in [1.82, 2.24) is 19.2 Å². The second-order valence-electron chi connectivity index (χ2n) is 9.14. The lowest BCUT2D eigenvalue weighted by molar-refractivity contribution is 0.0148. The predicted molar refractivity (Wildman–Crippen MR) is 133 cm³/mol. The monoisotopic (exact) mass is 496 g/mol. The first-order chi connectivity index (χ1) is 16.6. The van der Waals surface area contributed by atoms with Gasteiger partial charge in [0, 0.05) is 37.4 Å². The molecule has 0 atom stereocenters. The van der Waals surface area contributed by atoms with E-state index in [4.69, 9.17) is 4.74 Å². The van der Waals surface area contributed by atoms with Crippen molar-refractivity contribution in [1.29, 1.82) is 0 Å². The molecule has 1 aliphatic heterocycles. The lowest BCUT2D eigenvalue weighted by atomic mass is 9.78. The summed E-state index contributed by atoms with van der Waals surface area (Å²) in [7, 11) is 0. The number of benzene rings is 1. The molecule has 2 aliphatic rings. The van der Waals surface area contributed by atoms with E-state index in [2.05, 4.69) is 15.4 Å². The van der Waals surface area contributed by atoms with Crippen molar-refractivity contribution < 1.29 is 13.9 Å². The SMILES string of the molecule is Cl.O=C1O[C@]2(CC[C@H](CNc3ccn(-c4ccccc4F)n3)CC2)CN1c1ccc2nccn2c1. The number of anilines is 2. The third-order valence-corrected chi connectivity index (χ3v) is 6.93. The minimum atomic E-state index is -0.427. The van der Waals surface area contributed by atoms with Crippen molar-refractivity contribution in [3.05, 3.63) is 73.1 Å². The maximum Gasteiger partial charge on any atom is 0.415 e. The Labute approximate surface area is 208 Å². The summed E-state index contributed by atoms with van der Waals surface area (Å²) in [6, 6.07) is 12.3. The number of carbonyl (C=O) groups is 1. The van der Waals surface area contributed by atoms with Crippen LogP contribution in [0.3, 0.4) is 0 Å². The van der Waals surface area contributed by atoms with Crippen LogP contribution in [0.1, 0.15) is 25.7 Å². The van der Waals surface area contributed by atoms with Crippen LogP contribution in [0.15, 0.2) is 67.3 Å². The summed E-state index contributed by atoms with van der Waals surface area (Å²) in [4.78, 5) is 18.7. The number of rotatable bonds is 5. The molecule has 1 saturated carbocycles. The quantitative estimate of drug-likeness (QED) is 0.417. The van der Waals surface area contributed by atoms with E-state index in [-0.39, 0.29) is 24.3 Å². The summed E-state index contributed by atoms with van der Waals surface area (Å²) in [6.45, 7) is 1.35. The molecule has 1 saturated heterocycles. The molecule has 1 aliphatic carbocycles. The Hall–Kier alpha value is -3.59. The van der Waals surface area contributed by atoms with Crippen LogP contribution in [0.5, 0.6) is 0 Å². The van der Waals surface area contributed by atoms with Crippen LogP contribution < -0.4 is 10.2 Å². The number of carbonyl (C=O) groups excluding carboxylic acids is 1. The number of ether oxygens (including phenoxy) is 1. The Kier molecular flexibility index (Phi) is 6.10. The zero-order valence-corrected chi connectivity index (χ0v) is 19.8. The van der Waals surface area contributed by atoms with Gasteiger partial charge in [-0.2, -0.15) is 5.10 Å². The zero-order valence-electron chi connectivity index (χ0n) is 19.0. The van der Waals surface area contributed by atoms with Gasteiger partial charge in [0.2, 0.25) is 0 Å². The van der Waals surface area contributed by atoms with E-state index in [9.17, 15) is 9.18 Å². The average molecular weight is 497 g/mol. The number of aromatic nitrogens is 4. The Balaban J connectivity index is 0.00000253. The number of fused-ring (bicyclic) bond motifs is 1. The van der Waals surface area contributed by atoms with E-state index >= 15 is 0 Å². The summed E-state index contributed by atoms with van der Waals surface area (Å²) < 4.78 is 23.4. The smallest absolute Gasteiger partial charge is 0.415 e. The summed E-state index contributed by atoms with van der Waals surface area (Å²) in [5.74, 6) is 0.871. The van der Waals surface area contributed by atoms with Crippen LogP contribution in [-0.2, 0) is 4.74 Å². The molecule has 3 aromatic heterocycles. The fourth-order valence-corrected chi connectivity index (χ4v) is 5.00. The number of halogens is 2. The summed E-state index contributed by atoms with van der Waals surface area (Å²) >= 11 is 0. The number of nitrogens with zero attached hydrogens (tertiary/aromatic N) is 5. The van der Waals surface area contributed by atoms with Gasteiger partial charge >= 0.3 is 6.09 Å². The van der Waals surface area contributed by atoms with Crippen LogP contribution in [0, 0.1) is 11.7 Å². The molecule has 4 heterocycles. The minimum absolute atomic E-state index is 0. The van der Waals surface area contributed by atoms with E-state index in [0.717, 1.165) is 49.4 Å². The standard InChI is InChI=1S/C25H25FN6O2.ClH/c26-20-3-1-2-4-21(20)32-13-9-22(29-32)28-15-18-7-10-25(11-8-18)17-31(24(33)34-25)19-5-6-23-27-12-14-30(23)16-19;/h1-6,9,12-14,16,18H,7-8,10-11,15,17H2,(H,28,29);1H/t18-,25-;. The molecule has 10 heteroatoms. The second-order valence-corrected chi connectivity index (χ2v) is 9.14. The number of amides is 1. The van der Waals surface area contributed by atoms with Gasteiger partial charge in [0.25, 0.3) is 0 Å². The number of imidazole rings is 1. The molecule has 8 nitrogen and oxygen atoms in total. The molecule has 1 aromatic carbocycles. The minimum Gasteiger partial charge on any atom is -0.441 e. The van der Waals surface area contributed by atoms with Crippen molar-refractivity contribution in [3.8, 4) is 5.69 Å². The number of hydrogen-bond donors (Lipinski definition) is 1. The molecule has 35 heavy (non-hydrogen) atoms. The second kappa shape index (κ2) is 9.22. The number of hydrogen-bond acceptors (Lipinski definition) is 5. The van der Waals surface area contributed by atoms with Gasteiger partial charge in [-0.15, -0.1) is 12.4 Å². The highest BCUT2D eigenvalue weighted by Crippen LogP contribution is 2.40. The molecular formula is C25H26ClFN6O2. The summed E-state index contributed by atoms with van der Waals surface area (Å²) in [5.41, 5.74) is 1.67. The maximum atomic E-state index is 14.0. The molecule has 1 N–H and O–H groups in total. The predicted octanol–water partition coefficient (Wildman–Crippen LogP) is 5.08. The molecule has 2 fully saturated rings. The fraction of sp³-hybridized carbons (Fsp3) is 0.320. The van der Waals surface area contributed by atoms with Gasteiger partial charge in [-0.05, 0) is 55.9 Å². The third-order valence-electron chi connectivity index (χ3n) is 6.93. The van der Waals surface area contributed by atoms with Crippen LogP contribution in [0.2, 0.25) is 0 Å². The first-order valence-electron chi connectivity index (χ1n) is 11.6. The number of nitrogens with one attached hydrogen (secondary N) is 1. The molecule has 1 amide bonds. The van der Waals surface area contributed by atoms with Crippen molar-refractivity contribution in [3.63, 3.8) is 0 Å². The van der Waals surface area contributed by atoms with E-state index in [1.807, 2.05) is 35.0 Å². The first-order valence-corrected chi connectivity index (χ1v) is 11.6. The molecule has 0 unspecified atom stereocenters. The highest BCUT2D eigenvalue weighted by Gasteiger charge is 2.47. The van der Waals surface area contributed by atoms with Gasteiger partial charge in [-0.25, -0.2) is 18.9 Å². The first kappa shape index (κ1) is 23.2. The summed E-state index contributed by atoms with van der Waals surface area (Å²) in [6.07, 6.45) is 10.6. The summed E-state index contributed by atoms with van der Waals surface area (Å²) in [5, 5.41) is 7.83. The maximum absolute atomic E-state index is 14.0. The van der Waals surface area contributed by atoms with Gasteiger partial charge in [0.1, 0.15) is 28.6 Å². The highest BCUT2D eigenvalue weighted by atomic mass is 35.5. The lowest BCUT2D eigenvalue weighted by Crippen LogP contribution is -2.39. The van der Waals surface area contributed by atoms with Crippen LogP contribution in [0.25, 0.3) is 11.3 Å². The van der Waals surface area contributed by atoms with Gasteiger partial charge in [0.05, 0.1) is 12.2 Å². The zero-order chi connectivity index (χ0) is 23.1. The van der Waals surface area contributed by atoms with Crippen molar-refractivity contribution in [2.24, 2.45) is 5.92 Å². The van der Waals surface area contributed by atoms with Crippen molar-refractivity contribution >= 4 is 35.7 Å². The largest absolute Gasteiger partial charge is 0.441 e. The van der Waals surface area contributed by atoms with Gasteiger partial charge in [-0.3, -0.25) is 4.90 Å². The van der Waals surface area contributed by atoms with Gasteiger partial charge < -0.3 is 14.5 Å². The highest BCUT2D eigenvalue weighted by molar-refractivity contribution is 5.90. The molecule has 0 radical (unpaired) electrons. The lowest BCUT2D eigenvalue weighted by Gasteiger charge is -2.35. The molecular weight excluding hydrogens is 471 g/mol. The van der Waals surface area contributed by atoms with E-state index in [1.54, 1.807) is 40.2 Å². The Morgan fingerprint density at radius 3 is 2.77 bits per heavy atom. The Bertz CT molecular complexity index is 1350. The van der Waals surface area contributed by atoms with Crippen LogP contribution in [-0.4, -0.2) is 43.9 Å². The third kappa shape index (κ3) is 4.43. The Morgan fingerprint density at radius 2 is 1.94 bits per heavy atom. The van der Waals surface area contributed by atoms with Crippen molar-refractivity contribution in [2.75, 3.05) is 23.3 Å². The number of pyridine rings is 1. The molecule has 182 valence electrons. The van der Waals surface area contributed by atoms with Crippen LogP contribution in [0.4, 0.5) is 20.7 Å². The van der Waals surface area contributed by atoms with E-state index in [0.29, 0.717) is 18.2 Å². The molecule has 4 aromatic rings. The van der Waals surface area contributed by atoms with Gasteiger partial charge in [-0.1, -0.05) is 12.1 Å². The Morgan fingerprint density at radius 1 is 1.11 bits per heavy atom. The van der Waals surface area contributed by atoms with E-state index < -0.39 is 5.60 Å². The molecule has 0 bridgehead atoms.